The van der Waals surface area contributed by atoms with E-state index in [1.807, 2.05) is 4.90 Å². The molecule has 0 bridgehead atoms. The highest BCUT2D eigenvalue weighted by Gasteiger charge is 2.25. The second kappa shape index (κ2) is 20.0. The van der Waals surface area contributed by atoms with Crippen LogP contribution in [0.15, 0.2) is 54.6 Å². The number of ether oxygens (including phenoxy) is 4. The van der Waals surface area contributed by atoms with Gasteiger partial charge in [-0.1, -0.05) is 43.7 Å². The van der Waals surface area contributed by atoms with Crippen LogP contribution < -0.4 is 4.74 Å². The van der Waals surface area contributed by atoms with Gasteiger partial charge >= 0.3 is 17.9 Å². The van der Waals surface area contributed by atoms with Crippen molar-refractivity contribution in [3.8, 4) is 5.75 Å². The van der Waals surface area contributed by atoms with E-state index in [9.17, 15) is 24.5 Å². The molecule has 13 heteroatoms. The van der Waals surface area contributed by atoms with Gasteiger partial charge in [-0.2, -0.15) is 0 Å². The summed E-state index contributed by atoms with van der Waals surface area (Å²) >= 11 is 0. The maximum atomic E-state index is 13.2. The van der Waals surface area contributed by atoms with Crippen LogP contribution in [-0.4, -0.2) is 74.0 Å². The van der Waals surface area contributed by atoms with Gasteiger partial charge in [0.05, 0.1) is 38.5 Å². The lowest BCUT2D eigenvalue weighted by atomic mass is 9.98. The molecule has 0 spiro atoms. The Hall–Kier alpha value is -4.00. The summed E-state index contributed by atoms with van der Waals surface area (Å²) in [5.41, 5.74) is 1.60. The largest absolute Gasteiger partial charge is 0.463 e. The lowest BCUT2D eigenvalue weighted by Crippen LogP contribution is -2.40. The van der Waals surface area contributed by atoms with Gasteiger partial charge in [0.25, 0.3) is 5.09 Å². The van der Waals surface area contributed by atoms with Crippen molar-refractivity contribution >= 4 is 36.4 Å². The minimum absolute atomic E-state index is 0. The molecule has 0 aromatic heterocycles. The van der Waals surface area contributed by atoms with E-state index in [1.54, 1.807) is 54.6 Å². The van der Waals surface area contributed by atoms with Gasteiger partial charge in [0, 0.05) is 24.7 Å². The van der Waals surface area contributed by atoms with Crippen molar-refractivity contribution in [3.63, 3.8) is 0 Å². The number of esters is 3. The van der Waals surface area contributed by atoms with Crippen LogP contribution in [-0.2, 0) is 28.6 Å². The Morgan fingerprint density at radius 3 is 2.43 bits per heavy atom. The average Bonchev–Trinajstić information content (AvgIpc) is 3.01. The van der Waals surface area contributed by atoms with Gasteiger partial charge in [-0.25, -0.2) is 9.59 Å². The Kier molecular flexibility index (Phi) is 16.5. The van der Waals surface area contributed by atoms with Crippen molar-refractivity contribution in [2.45, 2.75) is 45.1 Å². The molecule has 12 nitrogen and oxygen atoms in total. The quantitative estimate of drug-likeness (QED) is 0.0580. The lowest BCUT2D eigenvalue weighted by Gasteiger charge is -2.27. The molecule has 0 saturated carbocycles. The van der Waals surface area contributed by atoms with Gasteiger partial charge in [0.2, 0.25) is 0 Å². The van der Waals surface area contributed by atoms with Crippen LogP contribution in [0.5, 0.6) is 5.75 Å². The Balaban J connectivity index is 0.00000675. The fourth-order valence-corrected chi connectivity index (χ4v) is 4.31. The maximum absolute atomic E-state index is 13.2. The number of hydrogen-bond acceptors (Lipinski definition) is 11. The van der Waals surface area contributed by atoms with Crippen molar-refractivity contribution in [2.24, 2.45) is 0 Å². The Labute approximate surface area is 262 Å². The zero-order valence-electron chi connectivity index (χ0n) is 24.7. The van der Waals surface area contributed by atoms with Crippen molar-refractivity contribution in [2.75, 3.05) is 46.1 Å². The highest BCUT2D eigenvalue weighted by atomic mass is 35.5. The van der Waals surface area contributed by atoms with Crippen LogP contribution in [0, 0.1) is 10.1 Å². The number of rotatable bonds is 17. The monoisotopic (exact) mass is 634 g/mol. The van der Waals surface area contributed by atoms with Crippen LogP contribution in [0.2, 0.25) is 0 Å². The normalized spacial score (nSPS) is 13.8. The first-order valence-electron chi connectivity index (χ1n) is 14.4. The van der Waals surface area contributed by atoms with E-state index >= 15 is 0 Å². The molecule has 0 radical (unpaired) electrons. The van der Waals surface area contributed by atoms with Gasteiger partial charge in [0.1, 0.15) is 11.9 Å². The predicted octanol–water partition coefficient (Wildman–Crippen LogP) is 4.98. The number of hydrogen-bond donors (Lipinski definition) is 0. The molecule has 240 valence electrons. The fourth-order valence-electron chi connectivity index (χ4n) is 4.31. The molecular formula is C31H39ClN2O10. The van der Waals surface area contributed by atoms with Crippen molar-refractivity contribution in [1.82, 2.24) is 4.90 Å². The summed E-state index contributed by atoms with van der Waals surface area (Å²) in [6, 6.07) is 13.6. The second-order valence-electron chi connectivity index (χ2n) is 9.82. The molecule has 1 atom stereocenters. The molecule has 1 unspecified atom stereocenters. The zero-order chi connectivity index (χ0) is 30.9. The molecule has 0 aliphatic carbocycles. The number of carbonyl (C=O) groups excluding carboxylic acids is 3. The van der Waals surface area contributed by atoms with E-state index in [4.69, 9.17) is 18.9 Å². The smallest absolute Gasteiger partial charge is 0.343 e. The van der Waals surface area contributed by atoms with E-state index in [-0.39, 0.29) is 38.1 Å². The Morgan fingerprint density at radius 2 is 1.73 bits per heavy atom. The summed E-state index contributed by atoms with van der Waals surface area (Å²) in [6.45, 7) is 4.78. The van der Waals surface area contributed by atoms with Crippen LogP contribution in [0.25, 0.3) is 6.08 Å². The van der Waals surface area contributed by atoms with Crippen LogP contribution >= 0.6 is 12.4 Å². The summed E-state index contributed by atoms with van der Waals surface area (Å²) in [7, 11) is 0. The maximum Gasteiger partial charge on any atom is 0.343 e. The number of morpholine rings is 1. The van der Waals surface area contributed by atoms with Gasteiger partial charge in [-0.05, 0) is 55.5 Å². The SMILES string of the molecule is CCCCC(OC(=O)CN1CCOCC1)c1ccccc1C(=O)Oc1ccc(/C=C/C(=O)OCCCCO[N+](=O)[O-])cc1.Cl. The highest BCUT2D eigenvalue weighted by molar-refractivity contribution is 5.93. The zero-order valence-corrected chi connectivity index (χ0v) is 25.5. The van der Waals surface area contributed by atoms with Gasteiger partial charge in [-0.15, -0.1) is 22.5 Å². The fraction of sp³-hybridized carbons (Fsp3) is 0.452. The standard InChI is InChI=1S/C31H38N2O10.ClH/c1-2-3-10-28(43-30(35)23-32-17-21-39-22-18-32)26-8-4-5-9-27(26)31(36)42-25-14-11-24(12-15-25)13-16-29(34)40-19-6-7-20-41-33(37)38;/h4-5,8-9,11-16,28H,2-3,6-7,10,17-23H2,1H3;1H/b16-13+;. The molecule has 1 saturated heterocycles. The molecule has 0 N–H and O–H groups in total. The lowest BCUT2D eigenvalue weighted by molar-refractivity contribution is -0.757. The molecule has 0 amide bonds. The van der Waals surface area contributed by atoms with Gasteiger partial charge in [0.15, 0.2) is 0 Å². The molecule has 1 aliphatic heterocycles. The van der Waals surface area contributed by atoms with Crippen LogP contribution in [0.3, 0.4) is 0 Å². The predicted molar refractivity (Wildman–Crippen MR) is 163 cm³/mol. The second-order valence-corrected chi connectivity index (χ2v) is 9.82. The van der Waals surface area contributed by atoms with Gasteiger partial charge < -0.3 is 23.8 Å². The molecule has 2 aromatic carbocycles. The van der Waals surface area contributed by atoms with Crippen LogP contribution in [0.4, 0.5) is 0 Å². The first-order valence-corrected chi connectivity index (χ1v) is 14.4. The Bertz CT molecular complexity index is 1230. The number of halogens is 1. The third kappa shape index (κ3) is 13.1. The Morgan fingerprint density at radius 1 is 1.02 bits per heavy atom. The minimum atomic E-state index is -0.863. The first-order chi connectivity index (χ1) is 20.9. The summed E-state index contributed by atoms with van der Waals surface area (Å²) < 4.78 is 21.9. The minimum Gasteiger partial charge on any atom is -0.463 e. The highest BCUT2D eigenvalue weighted by Crippen LogP contribution is 2.28. The van der Waals surface area contributed by atoms with E-state index in [2.05, 4.69) is 11.8 Å². The molecular weight excluding hydrogens is 596 g/mol. The van der Waals surface area contributed by atoms with E-state index in [0.29, 0.717) is 68.0 Å². The third-order valence-corrected chi connectivity index (χ3v) is 6.56. The summed E-state index contributed by atoms with van der Waals surface area (Å²) in [5, 5.41) is 9.23. The molecule has 44 heavy (non-hydrogen) atoms. The van der Waals surface area contributed by atoms with E-state index in [1.165, 1.54) is 6.08 Å². The average molecular weight is 635 g/mol. The van der Waals surface area contributed by atoms with Crippen molar-refractivity contribution in [3.05, 3.63) is 81.4 Å². The molecule has 1 fully saturated rings. The van der Waals surface area contributed by atoms with Crippen LogP contribution in [0.1, 0.15) is 66.6 Å². The molecule has 3 rings (SSSR count). The molecule has 1 heterocycles. The number of nitrogens with zero attached hydrogens (tertiary/aromatic N) is 2. The van der Waals surface area contributed by atoms with Gasteiger partial charge in [-0.3, -0.25) is 9.69 Å². The third-order valence-electron chi connectivity index (χ3n) is 6.56. The molecule has 2 aromatic rings. The van der Waals surface area contributed by atoms with E-state index < -0.39 is 23.1 Å². The number of carbonyl (C=O) groups is 3. The summed E-state index contributed by atoms with van der Waals surface area (Å²) in [4.78, 5) is 54.2. The van der Waals surface area contributed by atoms with Crippen molar-refractivity contribution in [1.29, 1.82) is 0 Å². The van der Waals surface area contributed by atoms with E-state index in [0.717, 1.165) is 12.8 Å². The number of benzene rings is 2. The number of unbranched alkanes of at least 4 members (excludes halogenated alkanes) is 2. The molecule has 1 aliphatic rings. The summed E-state index contributed by atoms with van der Waals surface area (Å²) in [6.07, 6.45) is 5.37. The summed E-state index contributed by atoms with van der Waals surface area (Å²) in [5.74, 6) is -1.16. The topological polar surface area (TPSA) is 144 Å². The first kappa shape index (κ1) is 36.2. The van der Waals surface area contributed by atoms with Crippen molar-refractivity contribution < 1.29 is 43.3 Å².